The molecule has 1 N–H and O–H groups in total. The highest BCUT2D eigenvalue weighted by Crippen LogP contribution is 2.36. The van der Waals surface area contributed by atoms with Crippen molar-refractivity contribution in [2.45, 2.75) is 58.9 Å². The monoisotopic (exact) mass is 556 g/mol. The standard InChI is InChI=1S/C33H44N6O2/c1-5-6-17-36(3)22-25-15-18-38(19-16-25)31(40)14-13-26-11-12-27(20-24(26)2)33(41)39-23-28-21-34-37(4)32(28)35-29-9-7-8-10-30(29)39/h7-12,20-21,25,35H,5-6,13-19,22-23H2,1-4H3. The number of carbonyl (C=O) groups is 2. The van der Waals surface area contributed by atoms with Crippen LogP contribution in [0, 0.1) is 12.8 Å². The molecule has 0 radical (unpaired) electrons. The minimum Gasteiger partial charge on any atom is -0.343 e. The Balaban J connectivity index is 1.19. The van der Waals surface area contributed by atoms with E-state index < -0.39 is 0 Å². The summed E-state index contributed by atoms with van der Waals surface area (Å²) in [6, 6.07) is 13.8. The Morgan fingerprint density at radius 3 is 2.66 bits per heavy atom. The molecule has 3 heterocycles. The Morgan fingerprint density at radius 1 is 1.12 bits per heavy atom. The predicted octanol–water partition coefficient (Wildman–Crippen LogP) is 5.54. The van der Waals surface area contributed by atoms with E-state index in [9.17, 15) is 9.59 Å². The van der Waals surface area contributed by atoms with Crippen LogP contribution in [0.25, 0.3) is 0 Å². The summed E-state index contributed by atoms with van der Waals surface area (Å²) in [6.45, 7) is 8.73. The summed E-state index contributed by atoms with van der Waals surface area (Å²) in [6.07, 6.45) is 7.67. The van der Waals surface area contributed by atoms with E-state index in [1.165, 1.54) is 12.8 Å². The average molecular weight is 557 g/mol. The molecule has 0 bridgehead atoms. The molecule has 3 aromatic rings. The lowest BCUT2D eigenvalue weighted by Gasteiger charge is -2.34. The van der Waals surface area contributed by atoms with E-state index in [-0.39, 0.29) is 11.8 Å². The number of nitrogens with zero attached hydrogens (tertiary/aromatic N) is 5. The fraction of sp³-hybridized carbons (Fsp3) is 0.485. The number of anilines is 3. The summed E-state index contributed by atoms with van der Waals surface area (Å²) in [5.41, 5.74) is 5.50. The van der Waals surface area contributed by atoms with Gasteiger partial charge in [0, 0.05) is 44.2 Å². The van der Waals surface area contributed by atoms with Crippen LogP contribution in [-0.2, 0) is 24.8 Å². The van der Waals surface area contributed by atoms with Gasteiger partial charge in [-0.1, -0.05) is 31.5 Å². The van der Waals surface area contributed by atoms with Crippen LogP contribution in [0.1, 0.15) is 66.1 Å². The Morgan fingerprint density at radius 2 is 1.90 bits per heavy atom. The number of benzene rings is 2. The second-order valence-electron chi connectivity index (χ2n) is 11.8. The number of rotatable bonds is 9. The lowest BCUT2D eigenvalue weighted by molar-refractivity contribution is -0.132. The molecule has 0 spiro atoms. The fourth-order valence-electron chi connectivity index (χ4n) is 6.13. The third-order valence-corrected chi connectivity index (χ3v) is 8.66. The summed E-state index contributed by atoms with van der Waals surface area (Å²) < 4.78 is 1.80. The number of hydrogen-bond donors (Lipinski definition) is 1. The largest absolute Gasteiger partial charge is 0.343 e. The van der Waals surface area contributed by atoms with Gasteiger partial charge in [0.2, 0.25) is 5.91 Å². The average Bonchev–Trinajstić information content (AvgIpc) is 3.22. The van der Waals surface area contributed by atoms with Gasteiger partial charge in [-0.2, -0.15) is 5.10 Å². The zero-order valence-electron chi connectivity index (χ0n) is 25.0. The van der Waals surface area contributed by atoms with Gasteiger partial charge in [0.1, 0.15) is 5.82 Å². The molecular weight excluding hydrogens is 512 g/mol. The number of carbonyl (C=O) groups excluding carboxylic acids is 2. The van der Waals surface area contributed by atoms with Crippen molar-refractivity contribution in [3.05, 3.63) is 70.9 Å². The molecule has 0 atom stereocenters. The summed E-state index contributed by atoms with van der Waals surface area (Å²) in [5, 5.41) is 7.83. The maximum Gasteiger partial charge on any atom is 0.258 e. The van der Waals surface area contributed by atoms with Gasteiger partial charge < -0.3 is 20.0 Å². The van der Waals surface area contributed by atoms with E-state index in [1.54, 1.807) is 4.68 Å². The van der Waals surface area contributed by atoms with Crippen LogP contribution in [-0.4, -0.2) is 64.6 Å². The lowest BCUT2D eigenvalue weighted by Crippen LogP contribution is -2.41. The Labute approximate surface area is 244 Å². The minimum absolute atomic E-state index is 0.0510. The fourth-order valence-corrected chi connectivity index (χ4v) is 6.13. The van der Waals surface area contributed by atoms with Crippen LogP contribution in [0.3, 0.4) is 0 Å². The molecule has 8 nitrogen and oxygen atoms in total. The quantitative estimate of drug-likeness (QED) is 0.375. The number of piperidine rings is 1. The van der Waals surface area contributed by atoms with Crippen LogP contribution in [0.2, 0.25) is 0 Å². The maximum atomic E-state index is 13.8. The van der Waals surface area contributed by atoms with Crippen molar-refractivity contribution in [2.24, 2.45) is 13.0 Å². The van der Waals surface area contributed by atoms with E-state index in [2.05, 4.69) is 29.3 Å². The van der Waals surface area contributed by atoms with Crippen LogP contribution < -0.4 is 10.2 Å². The molecule has 2 amide bonds. The zero-order chi connectivity index (χ0) is 28.9. The van der Waals surface area contributed by atoms with Crippen LogP contribution in [0.15, 0.2) is 48.7 Å². The second kappa shape index (κ2) is 12.9. The van der Waals surface area contributed by atoms with Crippen molar-refractivity contribution in [1.29, 1.82) is 0 Å². The molecule has 1 saturated heterocycles. The summed E-state index contributed by atoms with van der Waals surface area (Å²) in [4.78, 5) is 33.2. The molecule has 1 aromatic heterocycles. The van der Waals surface area contributed by atoms with Gasteiger partial charge in [-0.15, -0.1) is 0 Å². The van der Waals surface area contributed by atoms with Crippen molar-refractivity contribution < 1.29 is 9.59 Å². The molecule has 0 aliphatic carbocycles. The van der Waals surface area contributed by atoms with E-state index >= 15 is 0 Å². The molecule has 218 valence electrons. The third-order valence-electron chi connectivity index (χ3n) is 8.66. The molecule has 2 aromatic carbocycles. The van der Waals surface area contributed by atoms with Gasteiger partial charge in [0.15, 0.2) is 0 Å². The smallest absolute Gasteiger partial charge is 0.258 e. The second-order valence-corrected chi connectivity index (χ2v) is 11.8. The van der Waals surface area contributed by atoms with Crippen LogP contribution in [0.4, 0.5) is 17.2 Å². The minimum atomic E-state index is -0.0510. The highest BCUT2D eigenvalue weighted by molar-refractivity contribution is 6.08. The maximum absolute atomic E-state index is 13.8. The molecule has 5 rings (SSSR count). The number of aryl methyl sites for hydroxylation is 3. The zero-order valence-corrected chi connectivity index (χ0v) is 25.0. The van der Waals surface area contributed by atoms with Gasteiger partial charge in [-0.05, 0) is 87.5 Å². The lowest BCUT2D eigenvalue weighted by atomic mass is 9.95. The summed E-state index contributed by atoms with van der Waals surface area (Å²) >= 11 is 0. The first-order valence-corrected chi connectivity index (χ1v) is 15.1. The van der Waals surface area contributed by atoms with Gasteiger partial charge in [-0.3, -0.25) is 14.3 Å². The number of unbranched alkanes of at least 4 members (excludes halogenated alkanes) is 1. The Kier molecular flexibility index (Phi) is 9.08. The van der Waals surface area contributed by atoms with Crippen molar-refractivity contribution >= 4 is 29.0 Å². The summed E-state index contributed by atoms with van der Waals surface area (Å²) in [5.74, 6) is 1.77. The van der Waals surface area contributed by atoms with Crippen molar-refractivity contribution in [2.75, 3.05) is 43.4 Å². The SMILES string of the molecule is CCCCN(C)CC1CCN(C(=O)CCc2ccc(C(=O)N3Cc4cnn(C)c4Nc4ccccc43)cc2C)CC1. The first-order valence-electron chi connectivity index (χ1n) is 15.1. The number of para-hydroxylation sites is 2. The van der Waals surface area contributed by atoms with Crippen LogP contribution in [0.5, 0.6) is 0 Å². The molecule has 0 saturated carbocycles. The van der Waals surface area contributed by atoms with E-state index in [1.807, 2.05) is 72.4 Å². The normalized spacial score (nSPS) is 15.3. The van der Waals surface area contributed by atoms with Crippen LogP contribution >= 0.6 is 0 Å². The highest BCUT2D eigenvalue weighted by Gasteiger charge is 2.27. The number of hydrogen-bond acceptors (Lipinski definition) is 5. The van der Waals surface area contributed by atoms with Gasteiger partial charge in [-0.25, -0.2) is 0 Å². The van der Waals surface area contributed by atoms with E-state index in [0.717, 1.165) is 72.9 Å². The first-order chi connectivity index (χ1) is 19.8. The topological polar surface area (TPSA) is 73.7 Å². The Bertz CT molecular complexity index is 1370. The van der Waals surface area contributed by atoms with Crippen molar-refractivity contribution in [3.63, 3.8) is 0 Å². The molecular formula is C33H44N6O2. The molecule has 8 heteroatoms. The van der Waals surface area contributed by atoms with Crippen molar-refractivity contribution in [3.8, 4) is 0 Å². The Hall–Kier alpha value is -3.65. The van der Waals surface area contributed by atoms with E-state index in [4.69, 9.17) is 0 Å². The number of amides is 2. The van der Waals surface area contributed by atoms with Gasteiger partial charge in [0.25, 0.3) is 5.91 Å². The molecule has 2 aliphatic rings. The number of nitrogens with one attached hydrogen (secondary N) is 1. The molecule has 41 heavy (non-hydrogen) atoms. The number of fused-ring (bicyclic) bond motifs is 2. The highest BCUT2D eigenvalue weighted by atomic mass is 16.2. The third kappa shape index (κ3) is 6.64. The molecule has 1 fully saturated rings. The molecule has 0 unspecified atom stereocenters. The molecule has 2 aliphatic heterocycles. The predicted molar refractivity (Wildman–Crippen MR) is 165 cm³/mol. The summed E-state index contributed by atoms with van der Waals surface area (Å²) in [7, 11) is 4.12. The first kappa shape index (κ1) is 28.9. The van der Waals surface area contributed by atoms with Gasteiger partial charge in [0.05, 0.1) is 24.1 Å². The van der Waals surface area contributed by atoms with E-state index in [0.29, 0.717) is 30.9 Å². The van der Waals surface area contributed by atoms with Gasteiger partial charge >= 0.3 is 0 Å². The van der Waals surface area contributed by atoms with Crippen molar-refractivity contribution in [1.82, 2.24) is 19.6 Å². The number of aromatic nitrogens is 2. The number of likely N-dealkylation sites (tertiary alicyclic amines) is 1.